The van der Waals surface area contributed by atoms with Crippen molar-refractivity contribution in [1.29, 1.82) is 0 Å². The smallest absolute Gasteiger partial charge is 0.257 e. The van der Waals surface area contributed by atoms with Crippen molar-refractivity contribution in [2.24, 2.45) is 0 Å². The summed E-state index contributed by atoms with van der Waals surface area (Å²) in [5.41, 5.74) is 3.34. The second-order valence-corrected chi connectivity index (χ2v) is 10.0. The number of sulfonamides is 1. The van der Waals surface area contributed by atoms with Crippen LogP contribution in [0.5, 0.6) is 5.75 Å². The molecular formula is C24H27N3O4S. The van der Waals surface area contributed by atoms with Crippen molar-refractivity contribution in [3.8, 4) is 5.75 Å². The Kier molecular flexibility index (Phi) is 6.17. The van der Waals surface area contributed by atoms with Crippen molar-refractivity contribution >= 4 is 32.5 Å². The van der Waals surface area contributed by atoms with Gasteiger partial charge in [0.1, 0.15) is 10.6 Å². The Hall–Kier alpha value is -2.97. The Morgan fingerprint density at radius 2 is 1.78 bits per heavy atom. The average molecular weight is 454 g/mol. The molecule has 3 aromatic rings. The molecule has 0 saturated carbocycles. The number of benzene rings is 2. The Bertz CT molecular complexity index is 1280. The van der Waals surface area contributed by atoms with Crippen LogP contribution in [0.3, 0.4) is 0 Å². The maximum absolute atomic E-state index is 13.2. The number of ether oxygens (including phenoxy) is 1. The van der Waals surface area contributed by atoms with E-state index in [2.05, 4.69) is 10.3 Å². The lowest BCUT2D eigenvalue weighted by Crippen LogP contribution is -2.35. The second kappa shape index (κ2) is 8.88. The zero-order valence-electron chi connectivity index (χ0n) is 18.5. The lowest BCUT2D eigenvalue weighted by molar-refractivity contribution is 0.102. The quantitative estimate of drug-likeness (QED) is 0.623. The van der Waals surface area contributed by atoms with Crippen LogP contribution in [0.15, 0.2) is 47.4 Å². The minimum atomic E-state index is -3.72. The fourth-order valence-corrected chi connectivity index (χ4v) is 5.72. The number of anilines is 1. The monoisotopic (exact) mass is 453 g/mol. The van der Waals surface area contributed by atoms with E-state index in [0.29, 0.717) is 30.0 Å². The highest BCUT2D eigenvalue weighted by molar-refractivity contribution is 7.89. The van der Waals surface area contributed by atoms with Gasteiger partial charge in [0.2, 0.25) is 10.0 Å². The summed E-state index contributed by atoms with van der Waals surface area (Å²) in [6, 6.07) is 12.4. The van der Waals surface area contributed by atoms with Gasteiger partial charge in [-0.1, -0.05) is 18.1 Å². The molecule has 0 atom stereocenters. The molecule has 1 fully saturated rings. The van der Waals surface area contributed by atoms with E-state index in [1.165, 1.54) is 17.5 Å². The predicted molar refractivity (Wildman–Crippen MR) is 125 cm³/mol. The van der Waals surface area contributed by atoms with Gasteiger partial charge < -0.3 is 10.1 Å². The van der Waals surface area contributed by atoms with Crippen molar-refractivity contribution in [2.75, 3.05) is 25.5 Å². The van der Waals surface area contributed by atoms with E-state index >= 15 is 0 Å². The number of rotatable bonds is 5. The number of pyridine rings is 1. The molecule has 1 aliphatic heterocycles. The van der Waals surface area contributed by atoms with Crippen LogP contribution in [0.25, 0.3) is 10.9 Å². The summed E-state index contributed by atoms with van der Waals surface area (Å²) < 4.78 is 33.3. The number of fused-ring (bicyclic) bond motifs is 1. The molecule has 8 heteroatoms. The van der Waals surface area contributed by atoms with Gasteiger partial charge in [-0.25, -0.2) is 8.42 Å². The molecule has 1 amide bonds. The number of amides is 1. The van der Waals surface area contributed by atoms with Crippen LogP contribution >= 0.6 is 0 Å². The molecule has 0 bridgehead atoms. The molecule has 1 aromatic heterocycles. The zero-order valence-corrected chi connectivity index (χ0v) is 19.3. The molecule has 7 nitrogen and oxygen atoms in total. The highest BCUT2D eigenvalue weighted by Gasteiger charge is 2.29. The largest absolute Gasteiger partial charge is 0.495 e. The molecule has 0 radical (unpaired) electrons. The van der Waals surface area contributed by atoms with Crippen LogP contribution in [-0.2, 0) is 10.0 Å². The number of aromatic nitrogens is 1. The highest BCUT2D eigenvalue weighted by atomic mass is 32.2. The standard InChI is InChI=1S/C24H27N3O4S/c1-16-7-9-21-18(13-16)14-20(17(2)25-21)24(28)26-19-8-10-22(31-3)23(15-19)32(29,30)27-11-5-4-6-12-27/h7-10,13-15H,4-6,11-12H2,1-3H3,(H,26,28). The highest BCUT2D eigenvalue weighted by Crippen LogP contribution is 2.31. The number of carbonyl (C=O) groups is 1. The van der Waals surface area contributed by atoms with E-state index in [1.54, 1.807) is 19.1 Å². The van der Waals surface area contributed by atoms with Gasteiger partial charge in [-0.05, 0) is 63.1 Å². The summed E-state index contributed by atoms with van der Waals surface area (Å²) in [6.07, 6.45) is 2.70. The van der Waals surface area contributed by atoms with E-state index in [-0.39, 0.29) is 16.6 Å². The Morgan fingerprint density at radius 1 is 1.03 bits per heavy atom. The minimum absolute atomic E-state index is 0.0590. The van der Waals surface area contributed by atoms with Gasteiger partial charge in [0.05, 0.1) is 23.9 Å². The molecule has 4 rings (SSSR count). The molecule has 0 spiro atoms. The first-order chi connectivity index (χ1) is 15.3. The van der Waals surface area contributed by atoms with Gasteiger partial charge in [0.15, 0.2) is 0 Å². The van der Waals surface area contributed by atoms with Crippen molar-refractivity contribution in [3.63, 3.8) is 0 Å². The van der Waals surface area contributed by atoms with Crippen LogP contribution in [-0.4, -0.2) is 43.8 Å². The third-order valence-corrected chi connectivity index (χ3v) is 7.68. The lowest BCUT2D eigenvalue weighted by Gasteiger charge is -2.26. The average Bonchev–Trinajstić information content (AvgIpc) is 2.79. The lowest BCUT2D eigenvalue weighted by atomic mass is 10.1. The molecule has 1 saturated heterocycles. The maximum atomic E-state index is 13.2. The first kappa shape index (κ1) is 22.2. The molecule has 1 N–H and O–H groups in total. The summed E-state index contributed by atoms with van der Waals surface area (Å²) in [7, 11) is -2.29. The normalized spacial score (nSPS) is 15.0. The van der Waals surface area contributed by atoms with E-state index in [9.17, 15) is 13.2 Å². The third-order valence-electron chi connectivity index (χ3n) is 5.76. The van der Waals surface area contributed by atoms with Gasteiger partial charge in [-0.3, -0.25) is 9.78 Å². The summed E-state index contributed by atoms with van der Waals surface area (Å²) in [6.45, 7) is 4.75. The number of methoxy groups -OCH3 is 1. The minimum Gasteiger partial charge on any atom is -0.495 e. The van der Waals surface area contributed by atoms with Crippen LogP contribution in [0.2, 0.25) is 0 Å². The molecule has 32 heavy (non-hydrogen) atoms. The number of hydrogen-bond donors (Lipinski definition) is 1. The first-order valence-electron chi connectivity index (χ1n) is 10.7. The third kappa shape index (κ3) is 4.33. The van der Waals surface area contributed by atoms with E-state index in [1.807, 2.05) is 31.2 Å². The predicted octanol–water partition coefficient (Wildman–Crippen LogP) is 4.29. The SMILES string of the molecule is COc1ccc(NC(=O)c2cc3cc(C)ccc3nc2C)cc1S(=O)(=O)N1CCCCC1. The van der Waals surface area contributed by atoms with Gasteiger partial charge in [0, 0.05) is 24.2 Å². The summed E-state index contributed by atoms with van der Waals surface area (Å²) in [4.78, 5) is 17.6. The van der Waals surface area contributed by atoms with Gasteiger partial charge in [-0.2, -0.15) is 4.31 Å². The molecule has 0 aliphatic carbocycles. The fourth-order valence-electron chi connectivity index (χ4n) is 4.02. The maximum Gasteiger partial charge on any atom is 0.257 e. The van der Waals surface area contributed by atoms with Crippen LogP contribution < -0.4 is 10.1 Å². The van der Waals surface area contributed by atoms with E-state index < -0.39 is 10.0 Å². The van der Waals surface area contributed by atoms with Crippen molar-refractivity contribution < 1.29 is 17.9 Å². The molecule has 2 heterocycles. The Morgan fingerprint density at radius 3 is 2.50 bits per heavy atom. The van der Waals surface area contributed by atoms with Gasteiger partial charge in [-0.15, -0.1) is 0 Å². The van der Waals surface area contributed by atoms with Gasteiger partial charge >= 0.3 is 0 Å². The molecular weight excluding hydrogens is 426 g/mol. The summed E-state index contributed by atoms with van der Waals surface area (Å²) in [5, 5.41) is 3.71. The molecule has 0 unspecified atom stereocenters. The zero-order chi connectivity index (χ0) is 22.9. The van der Waals surface area contributed by atoms with Crippen molar-refractivity contribution in [2.45, 2.75) is 38.0 Å². The summed E-state index contributed by atoms with van der Waals surface area (Å²) >= 11 is 0. The second-order valence-electron chi connectivity index (χ2n) is 8.10. The van der Waals surface area contributed by atoms with E-state index in [4.69, 9.17) is 4.74 Å². The Balaban J connectivity index is 1.66. The van der Waals surface area contributed by atoms with Crippen LogP contribution in [0.4, 0.5) is 5.69 Å². The topological polar surface area (TPSA) is 88.6 Å². The number of nitrogens with zero attached hydrogens (tertiary/aromatic N) is 2. The Labute approximate surface area is 188 Å². The van der Waals surface area contributed by atoms with Gasteiger partial charge in [0.25, 0.3) is 5.91 Å². The van der Waals surface area contributed by atoms with Crippen LogP contribution in [0.1, 0.15) is 40.9 Å². The van der Waals surface area contributed by atoms with Crippen molar-refractivity contribution in [3.05, 3.63) is 59.3 Å². The number of nitrogens with one attached hydrogen (secondary N) is 1. The number of hydrogen-bond acceptors (Lipinski definition) is 5. The number of carbonyl (C=O) groups excluding carboxylic acids is 1. The van der Waals surface area contributed by atoms with Crippen molar-refractivity contribution in [1.82, 2.24) is 9.29 Å². The molecule has 168 valence electrons. The van der Waals surface area contributed by atoms with E-state index in [0.717, 1.165) is 35.7 Å². The van der Waals surface area contributed by atoms with Crippen LogP contribution in [0, 0.1) is 13.8 Å². The fraction of sp³-hybridized carbons (Fsp3) is 0.333. The first-order valence-corrected chi connectivity index (χ1v) is 12.1. The molecule has 2 aromatic carbocycles. The molecule has 1 aliphatic rings. The summed E-state index contributed by atoms with van der Waals surface area (Å²) in [5.74, 6) is -0.0857. The number of aryl methyl sites for hydroxylation is 2. The number of piperidine rings is 1.